The maximum absolute atomic E-state index is 11.9. The average Bonchev–Trinajstić information content (AvgIpc) is 3.03. The molecule has 0 spiro atoms. The van der Waals surface area contributed by atoms with Crippen LogP contribution in [0.1, 0.15) is 10.4 Å². The van der Waals surface area contributed by atoms with E-state index in [2.05, 4.69) is 9.97 Å². The first-order valence-corrected chi connectivity index (χ1v) is 9.33. The predicted molar refractivity (Wildman–Crippen MR) is 101 cm³/mol. The second-order valence-corrected chi connectivity index (χ2v) is 7.71. The number of fused-ring (bicyclic) bond motifs is 3. The molecule has 25 heavy (non-hydrogen) atoms. The van der Waals surface area contributed by atoms with E-state index >= 15 is 0 Å². The highest BCUT2D eigenvalue weighted by atomic mass is 35.5. The van der Waals surface area contributed by atoms with Crippen molar-refractivity contribution in [3.63, 3.8) is 0 Å². The van der Waals surface area contributed by atoms with Gasteiger partial charge >= 0.3 is 0 Å². The zero-order valence-electron chi connectivity index (χ0n) is 13.1. The average molecular weight is 393 g/mol. The lowest BCUT2D eigenvalue weighted by atomic mass is 9.96. The van der Waals surface area contributed by atoms with Crippen molar-refractivity contribution in [1.29, 1.82) is 0 Å². The minimum absolute atomic E-state index is 0.0272. The van der Waals surface area contributed by atoms with Crippen LogP contribution in [0.3, 0.4) is 0 Å². The van der Waals surface area contributed by atoms with Gasteiger partial charge in [0.15, 0.2) is 0 Å². The molecular weight excluding hydrogens is 379 g/mol. The molecule has 0 atom stereocenters. The van der Waals surface area contributed by atoms with E-state index in [0.717, 1.165) is 32.5 Å². The van der Waals surface area contributed by atoms with Gasteiger partial charge in [-0.2, -0.15) is 0 Å². The normalized spacial score (nSPS) is 14.0. The molecule has 128 valence electrons. The van der Waals surface area contributed by atoms with Crippen molar-refractivity contribution in [3.8, 4) is 11.1 Å². The van der Waals surface area contributed by atoms with Gasteiger partial charge in [-0.25, -0.2) is 9.97 Å². The van der Waals surface area contributed by atoms with Crippen molar-refractivity contribution in [3.05, 3.63) is 45.3 Å². The number of carbonyl (C=O) groups is 1. The van der Waals surface area contributed by atoms with E-state index in [9.17, 15) is 4.79 Å². The molecule has 0 fully saturated rings. The first-order valence-electron chi connectivity index (χ1n) is 7.75. The zero-order valence-corrected chi connectivity index (χ0v) is 15.5. The van der Waals surface area contributed by atoms with Gasteiger partial charge in [0.1, 0.15) is 6.33 Å². The van der Waals surface area contributed by atoms with Gasteiger partial charge < -0.3 is 10.6 Å². The first-order chi connectivity index (χ1) is 12.1. The van der Waals surface area contributed by atoms with E-state index in [1.165, 1.54) is 11.9 Å². The van der Waals surface area contributed by atoms with Crippen LogP contribution in [0, 0.1) is 0 Å². The van der Waals surface area contributed by atoms with Crippen molar-refractivity contribution in [2.45, 2.75) is 13.0 Å². The second kappa shape index (κ2) is 6.53. The smallest absolute Gasteiger partial charge is 0.236 e. The van der Waals surface area contributed by atoms with E-state index in [0.29, 0.717) is 23.1 Å². The van der Waals surface area contributed by atoms with Crippen LogP contribution >= 0.6 is 34.5 Å². The molecule has 0 saturated heterocycles. The molecule has 0 bridgehead atoms. The van der Waals surface area contributed by atoms with Gasteiger partial charge in [0.25, 0.3) is 0 Å². The van der Waals surface area contributed by atoms with Crippen LogP contribution in [0.2, 0.25) is 10.0 Å². The third-order valence-electron chi connectivity index (χ3n) is 4.41. The number of amides is 1. The second-order valence-electron chi connectivity index (χ2n) is 5.82. The number of benzene rings is 1. The Bertz CT molecular complexity index is 974. The molecule has 3 heterocycles. The Balaban J connectivity index is 1.93. The Labute approximate surface area is 158 Å². The van der Waals surface area contributed by atoms with E-state index < -0.39 is 0 Å². The molecule has 1 aliphatic rings. The predicted octanol–water partition coefficient (Wildman–Crippen LogP) is 3.51. The number of hydrogen-bond acceptors (Lipinski definition) is 5. The summed E-state index contributed by atoms with van der Waals surface area (Å²) in [6.07, 6.45) is 5.80. The summed E-state index contributed by atoms with van der Waals surface area (Å²) in [6.45, 7) is 1.24. The number of halogens is 2. The van der Waals surface area contributed by atoms with Crippen LogP contribution in [-0.2, 0) is 17.8 Å². The topological polar surface area (TPSA) is 72.1 Å². The van der Waals surface area contributed by atoms with Gasteiger partial charge in [-0.1, -0.05) is 23.2 Å². The summed E-state index contributed by atoms with van der Waals surface area (Å²) >= 11 is 14.4. The summed E-state index contributed by atoms with van der Waals surface area (Å²) in [4.78, 5) is 23.1. The lowest BCUT2D eigenvalue weighted by molar-refractivity contribution is -0.130. The van der Waals surface area contributed by atoms with Crippen LogP contribution in [0.5, 0.6) is 0 Å². The number of nitrogens with zero attached hydrogens (tertiary/aromatic N) is 3. The fourth-order valence-electron chi connectivity index (χ4n) is 3.22. The number of thiophene rings is 1. The van der Waals surface area contributed by atoms with E-state index in [1.54, 1.807) is 28.6 Å². The van der Waals surface area contributed by atoms with Crippen molar-refractivity contribution >= 4 is 50.5 Å². The third kappa shape index (κ3) is 2.79. The molecular formula is C17H14Cl2N4OS. The molecule has 3 aromatic rings. The lowest BCUT2D eigenvalue weighted by Gasteiger charge is -2.26. The maximum atomic E-state index is 11.9. The number of rotatable bonds is 2. The minimum Gasteiger partial charge on any atom is -0.336 e. The number of hydrogen-bond donors (Lipinski definition) is 1. The Morgan fingerprint density at radius 1 is 1.32 bits per heavy atom. The third-order valence-corrected chi connectivity index (χ3v) is 6.54. The lowest BCUT2D eigenvalue weighted by Crippen LogP contribution is -2.39. The largest absolute Gasteiger partial charge is 0.336 e. The highest BCUT2D eigenvalue weighted by Gasteiger charge is 2.26. The Kier molecular flexibility index (Phi) is 4.37. The molecule has 1 aromatic carbocycles. The van der Waals surface area contributed by atoms with E-state index in [1.807, 2.05) is 6.07 Å². The Hall–Kier alpha value is -1.73. The molecule has 4 rings (SSSR count). The molecule has 2 N–H and O–H groups in total. The number of aromatic nitrogens is 2. The molecule has 1 amide bonds. The summed E-state index contributed by atoms with van der Waals surface area (Å²) in [6, 6.07) is 1.87. The standard InChI is InChI=1S/C17H14Cl2N4OS/c18-12-3-11(9-5-21-8-22-6-9)15-10-1-2-23(14(24)4-20)7-13(10)25-17(15)16(12)19/h3,5-6,8H,1-2,4,7,20H2. The molecule has 0 aliphatic carbocycles. The maximum Gasteiger partial charge on any atom is 0.236 e. The van der Waals surface area contributed by atoms with Gasteiger partial charge in [-0.05, 0) is 23.6 Å². The molecule has 5 nitrogen and oxygen atoms in total. The van der Waals surface area contributed by atoms with Gasteiger partial charge in [0, 0.05) is 34.8 Å². The molecule has 8 heteroatoms. The number of carbonyl (C=O) groups excluding carboxylic acids is 1. The summed E-state index contributed by atoms with van der Waals surface area (Å²) in [7, 11) is 0. The van der Waals surface area contributed by atoms with Crippen molar-refractivity contribution < 1.29 is 4.79 Å². The Morgan fingerprint density at radius 3 is 2.80 bits per heavy atom. The molecule has 0 radical (unpaired) electrons. The summed E-state index contributed by atoms with van der Waals surface area (Å²) in [5, 5.41) is 2.14. The van der Waals surface area contributed by atoms with Crippen molar-refractivity contribution in [2.75, 3.05) is 13.1 Å². The highest BCUT2D eigenvalue weighted by Crippen LogP contribution is 2.46. The highest BCUT2D eigenvalue weighted by molar-refractivity contribution is 7.20. The van der Waals surface area contributed by atoms with E-state index in [-0.39, 0.29) is 12.5 Å². The van der Waals surface area contributed by atoms with Crippen LogP contribution in [-0.4, -0.2) is 33.9 Å². The van der Waals surface area contributed by atoms with Crippen molar-refractivity contribution in [2.24, 2.45) is 5.73 Å². The van der Waals surface area contributed by atoms with Crippen LogP contribution in [0.25, 0.3) is 21.2 Å². The van der Waals surface area contributed by atoms with Crippen molar-refractivity contribution in [1.82, 2.24) is 14.9 Å². The van der Waals surface area contributed by atoms with Gasteiger partial charge in [-0.3, -0.25) is 4.79 Å². The fourth-order valence-corrected chi connectivity index (χ4v) is 5.07. The summed E-state index contributed by atoms with van der Waals surface area (Å²) in [5.74, 6) is -0.0380. The first kappa shape index (κ1) is 16.7. The van der Waals surface area contributed by atoms with Crippen LogP contribution < -0.4 is 5.73 Å². The zero-order chi connectivity index (χ0) is 17.6. The van der Waals surface area contributed by atoms with Crippen LogP contribution in [0.15, 0.2) is 24.8 Å². The summed E-state index contributed by atoms with van der Waals surface area (Å²) in [5.41, 5.74) is 8.59. The quantitative estimate of drug-likeness (QED) is 0.723. The number of nitrogens with two attached hydrogens (primary N) is 1. The van der Waals surface area contributed by atoms with E-state index in [4.69, 9.17) is 28.9 Å². The minimum atomic E-state index is -0.0380. The van der Waals surface area contributed by atoms with Gasteiger partial charge in [-0.15, -0.1) is 11.3 Å². The molecule has 2 aromatic heterocycles. The Morgan fingerprint density at radius 2 is 2.08 bits per heavy atom. The molecule has 1 aliphatic heterocycles. The molecule has 0 unspecified atom stereocenters. The van der Waals surface area contributed by atoms with Crippen LogP contribution in [0.4, 0.5) is 0 Å². The van der Waals surface area contributed by atoms with Gasteiger partial charge in [0.05, 0.1) is 27.8 Å². The molecule has 0 saturated carbocycles. The van der Waals surface area contributed by atoms with Gasteiger partial charge in [0.2, 0.25) is 5.91 Å². The fraction of sp³-hybridized carbons (Fsp3) is 0.235. The SMILES string of the molecule is NCC(=O)N1CCc2c(sc3c(Cl)c(Cl)cc(-c4cncnc4)c23)C1. The summed E-state index contributed by atoms with van der Waals surface area (Å²) < 4.78 is 0.945. The monoisotopic (exact) mass is 392 g/mol.